The van der Waals surface area contributed by atoms with Crippen LogP contribution in [0.4, 0.5) is 0 Å². The van der Waals surface area contributed by atoms with Crippen molar-refractivity contribution in [1.29, 1.82) is 0 Å². The van der Waals surface area contributed by atoms with E-state index >= 15 is 0 Å². The lowest BCUT2D eigenvalue weighted by atomic mass is 9.84. The Morgan fingerprint density at radius 1 is 0.245 bits per heavy atom. The Morgan fingerprint density at radius 2 is 0.468 bits per heavy atom. The average Bonchev–Trinajstić information content (AvgIpc) is 0.763. The highest BCUT2D eigenvalue weighted by molar-refractivity contribution is 6.28. The first kappa shape index (κ1) is 79.1. The molecule has 524 valence electrons. The summed E-state index contributed by atoms with van der Waals surface area (Å²) in [6.45, 7) is 11.2. The molecule has 5 rings (SSSR count). The third-order valence-electron chi connectivity index (χ3n) is 18.8. The number of ketones is 2. The van der Waals surface area contributed by atoms with Crippen molar-refractivity contribution >= 4 is 23.5 Å². The van der Waals surface area contributed by atoms with Crippen molar-refractivity contribution in [2.75, 3.05) is 26.4 Å². The monoisotopic (exact) mass is 1300 g/mol. The molecule has 0 fully saturated rings. The van der Waals surface area contributed by atoms with E-state index in [1.165, 1.54) is 293 Å². The second-order valence-corrected chi connectivity index (χ2v) is 27.1. The van der Waals surface area contributed by atoms with Gasteiger partial charge in [-0.15, -0.1) is 0 Å². The van der Waals surface area contributed by atoms with Crippen LogP contribution in [0.3, 0.4) is 0 Å². The van der Waals surface area contributed by atoms with Gasteiger partial charge in [-0.2, -0.15) is 0 Å². The number of hydrogen-bond acceptors (Lipinski definition) is 10. The fraction of sp³-hybridized carbons (Fsp3) is 0.667. The van der Waals surface area contributed by atoms with Gasteiger partial charge in [-0.1, -0.05) is 310 Å². The van der Waals surface area contributed by atoms with Gasteiger partial charge in [0.25, 0.3) is 0 Å². The third kappa shape index (κ3) is 32.9. The van der Waals surface area contributed by atoms with Crippen molar-refractivity contribution in [1.82, 2.24) is 0 Å². The van der Waals surface area contributed by atoms with E-state index in [9.17, 15) is 19.2 Å². The highest BCUT2D eigenvalue weighted by atomic mass is 16.5. The molecule has 0 amide bonds. The standard InChI is InChI=1S/C84H128O10/c1-5-9-13-17-21-25-29-33-37-41-45-49-61-89-77-59-53-69(65-79(77)91-63-51-47-43-39-35-31-27-23-19-15-11-7-3)83(87)93-71-55-57-73-75(67-71)81(85)74-58-56-72(68-76(74)82(73)86)94-84(88)70-54-60-78(90-62-50-46-42-38-34-30-26-22-18-14-10-6-2)80(66-70)92-64-52-48-44-40-36-32-28-24-20-16-12-8-4/h53-60,65-68H,5-52,61-64H2,1-4H3. The summed E-state index contributed by atoms with van der Waals surface area (Å²) >= 11 is 0. The Kier molecular flexibility index (Phi) is 43.4. The molecule has 0 unspecified atom stereocenters. The minimum atomic E-state index is -0.626. The lowest BCUT2D eigenvalue weighted by Crippen LogP contribution is -2.21. The summed E-state index contributed by atoms with van der Waals surface area (Å²) < 4.78 is 37.1. The maximum atomic E-state index is 14.2. The Labute approximate surface area is 571 Å². The Bertz CT molecular complexity index is 2490. The summed E-state index contributed by atoms with van der Waals surface area (Å²) in [5, 5.41) is 0. The lowest BCUT2D eigenvalue weighted by molar-refractivity contribution is 0.0724. The second kappa shape index (κ2) is 51.6. The number of carbonyl (C=O) groups excluding carboxylic acids is 4. The summed E-state index contributed by atoms with van der Waals surface area (Å²) in [6, 6.07) is 19.3. The lowest BCUT2D eigenvalue weighted by Gasteiger charge is -2.19. The van der Waals surface area contributed by atoms with Crippen molar-refractivity contribution in [3.8, 4) is 34.5 Å². The Morgan fingerprint density at radius 3 is 0.713 bits per heavy atom. The first-order chi connectivity index (χ1) is 46.3. The number of carbonyl (C=O) groups is 4. The van der Waals surface area contributed by atoms with Gasteiger partial charge in [-0.3, -0.25) is 9.59 Å². The Balaban J connectivity index is 1.15. The maximum Gasteiger partial charge on any atom is 0.343 e. The van der Waals surface area contributed by atoms with E-state index in [-0.39, 0.29) is 44.9 Å². The Hall–Kier alpha value is -5.64. The van der Waals surface area contributed by atoms with Crippen molar-refractivity contribution in [3.05, 3.63) is 106 Å². The molecule has 10 nitrogen and oxygen atoms in total. The van der Waals surface area contributed by atoms with Gasteiger partial charge < -0.3 is 28.4 Å². The van der Waals surface area contributed by atoms with Crippen molar-refractivity contribution in [2.24, 2.45) is 0 Å². The molecule has 10 heteroatoms. The smallest absolute Gasteiger partial charge is 0.343 e. The average molecular weight is 1300 g/mol. The summed E-state index contributed by atoms with van der Waals surface area (Å²) in [4.78, 5) is 56.1. The molecule has 0 aromatic heterocycles. The molecule has 4 aromatic carbocycles. The van der Waals surface area contributed by atoms with Crippen LogP contribution in [0.5, 0.6) is 34.5 Å². The van der Waals surface area contributed by atoms with E-state index < -0.39 is 23.5 Å². The van der Waals surface area contributed by atoms with Gasteiger partial charge >= 0.3 is 11.9 Å². The molecule has 0 saturated carbocycles. The van der Waals surface area contributed by atoms with Gasteiger partial charge in [0.15, 0.2) is 34.6 Å². The summed E-state index contributed by atoms with van der Waals surface area (Å²) in [5.74, 6) is 0.413. The zero-order valence-electron chi connectivity index (χ0n) is 59.8. The second-order valence-electron chi connectivity index (χ2n) is 27.1. The predicted molar refractivity (Wildman–Crippen MR) is 389 cm³/mol. The predicted octanol–water partition coefficient (Wildman–Crippen LogP) is 25.2. The fourth-order valence-electron chi connectivity index (χ4n) is 12.8. The number of rotatable bonds is 60. The van der Waals surface area contributed by atoms with Gasteiger partial charge in [0.2, 0.25) is 0 Å². The molecule has 4 aromatic rings. The molecule has 1 aliphatic carbocycles. The number of fused-ring (bicyclic) bond motifs is 2. The number of esters is 2. The summed E-state index contributed by atoms with van der Waals surface area (Å²) in [7, 11) is 0. The maximum absolute atomic E-state index is 14.2. The highest BCUT2D eigenvalue weighted by Crippen LogP contribution is 2.35. The number of unbranched alkanes of at least 4 members (excludes halogenated alkanes) is 44. The largest absolute Gasteiger partial charge is 0.490 e. The third-order valence-corrected chi connectivity index (χ3v) is 18.8. The van der Waals surface area contributed by atoms with Crippen LogP contribution in [0.2, 0.25) is 0 Å². The van der Waals surface area contributed by atoms with Gasteiger partial charge in [0.1, 0.15) is 11.5 Å². The molecule has 0 heterocycles. The van der Waals surface area contributed by atoms with Crippen LogP contribution in [0.1, 0.15) is 388 Å². The minimum Gasteiger partial charge on any atom is -0.490 e. The molecule has 0 bridgehead atoms. The molecule has 0 atom stereocenters. The van der Waals surface area contributed by atoms with E-state index in [1.54, 1.807) is 36.4 Å². The van der Waals surface area contributed by atoms with Gasteiger partial charge in [-0.25, -0.2) is 9.59 Å². The zero-order valence-corrected chi connectivity index (χ0v) is 59.8. The topological polar surface area (TPSA) is 124 Å². The molecule has 0 radical (unpaired) electrons. The SMILES string of the molecule is CCCCCCCCCCCCCCOc1ccc(C(=O)Oc2ccc3c(c2)C(=O)c2ccc(OC(=O)c4ccc(OCCCCCCCCCCCCCC)c(OCCCCCCCCCCCCCC)c4)cc2C3=O)cc1OCCCCCCCCCCCCCC. The number of ether oxygens (including phenoxy) is 6. The van der Waals surface area contributed by atoms with E-state index in [0.717, 1.165) is 51.4 Å². The first-order valence-corrected chi connectivity index (χ1v) is 38.9. The van der Waals surface area contributed by atoms with E-state index in [2.05, 4.69) is 27.7 Å². The van der Waals surface area contributed by atoms with E-state index in [4.69, 9.17) is 28.4 Å². The molecular weight excluding hydrogens is 1170 g/mol. The van der Waals surface area contributed by atoms with Crippen molar-refractivity contribution < 1.29 is 47.6 Å². The quantitative estimate of drug-likeness (QED) is 0.0211. The van der Waals surface area contributed by atoms with Crippen LogP contribution in [-0.2, 0) is 0 Å². The first-order valence-electron chi connectivity index (χ1n) is 38.9. The number of hydrogen-bond donors (Lipinski definition) is 0. The molecule has 1 aliphatic rings. The van der Waals surface area contributed by atoms with E-state index in [0.29, 0.717) is 49.4 Å². The number of benzene rings is 4. The molecular formula is C84H128O10. The van der Waals surface area contributed by atoms with Crippen LogP contribution in [0.25, 0.3) is 0 Å². The summed E-state index contributed by atoms with van der Waals surface area (Å²) in [6.07, 6.45) is 60.4. The van der Waals surface area contributed by atoms with Gasteiger partial charge in [0.05, 0.1) is 37.6 Å². The highest BCUT2D eigenvalue weighted by Gasteiger charge is 2.31. The van der Waals surface area contributed by atoms with Crippen molar-refractivity contribution in [2.45, 2.75) is 336 Å². The van der Waals surface area contributed by atoms with Gasteiger partial charge in [-0.05, 0) is 98.5 Å². The van der Waals surface area contributed by atoms with Crippen LogP contribution in [0.15, 0.2) is 72.8 Å². The van der Waals surface area contributed by atoms with Crippen LogP contribution in [0, 0.1) is 0 Å². The fourth-order valence-corrected chi connectivity index (χ4v) is 12.8. The molecule has 94 heavy (non-hydrogen) atoms. The van der Waals surface area contributed by atoms with Crippen LogP contribution < -0.4 is 28.4 Å². The summed E-state index contributed by atoms with van der Waals surface area (Å²) in [5.41, 5.74) is 1.14. The molecule has 0 spiro atoms. The normalized spacial score (nSPS) is 11.8. The molecule has 0 saturated heterocycles. The molecule has 0 aliphatic heterocycles. The van der Waals surface area contributed by atoms with Gasteiger partial charge in [0, 0.05) is 22.3 Å². The van der Waals surface area contributed by atoms with Crippen LogP contribution >= 0.6 is 0 Å². The van der Waals surface area contributed by atoms with Crippen LogP contribution in [-0.4, -0.2) is 49.9 Å². The minimum absolute atomic E-state index is 0.123. The van der Waals surface area contributed by atoms with Crippen molar-refractivity contribution in [3.63, 3.8) is 0 Å². The molecule has 0 N–H and O–H groups in total. The zero-order chi connectivity index (χ0) is 66.7. The van der Waals surface area contributed by atoms with E-state index in [1.807, 2.05) is 0 Å².